The molecular formula is C15H23FN2O2S. The van der Waals surface area contributed by atoms with Crippen molar-refractivity contribution in [3.8, 4) is 0 Å². The Morgan fingerprint density at radius 3 is 2.57 bits per heavy atom. The predicted molar refractivity (Wildman–Crippen MR) is 81.0 cm³/mol. The number of sulfonamides is 1. The Bertz CT molecular complexity index is 598. The van der Waals surface area contributed by atoms with Gasteiger partial charge in [0.2, 0.25) is 10.0 Å². The highest BCUT2D eigenvalue weighted by Crippen LogP contribution is 2.32. The predicted octanol–water partition coefficient (Wildman–Crippen LogP) is 2.50. The molecule has 1 fully saturated rings. The fourth-order valence-corrected chi connectivity index (χ4v) is 4.10. The van der Waals surface area contributed by atoms with E-state index in [9.17, 15) is 12.8 Å². The van der Waals surface area contributed by atoms with Gasteiger partial charge < -0.3 is 5.32 Å². The molecule has 0 amide bonds. The summed E-state index contributed by atoms with van der Waals surface area (Å²) < 4.78 is 40.7. The van der Waals surface area contributed by atoms with E-state index in [1.54, 1.807) is 13.0 Å². The Hall–Kier alpha value is -0.980. The van der Waals surface area contributed by atoms with Crippen molar-refractivity contribution in [3.63, 3.8) is 0 Å². The third-order valence-corrected chi connectivity index (χ3v) is 5.60. The van der Waals surface area contributed by atoms with Gasteiger partial charge in [0, 0.05) is 25.2 Å². The van der Waals surface area contributed by atoms with Crippen LogP contribution in [-0.4, -0.2) is 31.4 Å². The van der Waals surface area contributed by atoms with Gasteiger partial charge in [-0.1, -0.05) is 26.8 Å². The minimum Gasteiger partial charge on any atom is -0.310 e. The average Bonchev–Trinajstić information content (AvgIpc) is 3.22. The molecule has 4 nitrogen and oxygen atoms in total. The third kappa shape index (κ3) is 3.81. The first-order chi connectivity index (χ1) is 9.86. The van der Waals surface area contributed by atoms with Crippen molar-refractivity contribution >= 4 is 10.0 Å². The highest BCUT2D eigenvalue weighted by Gasteiger charge is 2.38. The van der Waals surface area contributed by atoms with E-state index in [0.717, 1.165) is 18.4 Å². The Balaban J connectivity index is 2.30. The van der Waals surface area contributed by atoms with Crippen LogP contribution in [-0.2, 0) is 16.6 Å². The number of benzene rings is 1. The molecule has 1 aromatic carbocycles. The van der Waals surface area contributed by atoms with Gasteiger partial charge in [-0.25, -0.2) is 12.8 Å². The van der Waals surface area contributed by atoms with Crippen LogP contribution in [0.3, 0.4) is 0 Å². The van der Waals surface area contributed by atoms with Crippen molar-refractivity contribution in [1.29, 1.82) is 0 Å². The van der Waals surface area contributed by atoms with Crippen LogP contribution in [0.1, 0.15) is 39.2 Å². The van der Waals surface area contributed by atoms with Gasteiger partial charge in [-0.2, -0.15) is 4.31 Å². The Morgan fingerprint density at radius 2 is 2.05 bits per heavy atom. The van der Waals surface area contributed by atoms with Crippen LogP contribution >= 0.6 is 0 Å². The Labute approximate surface area is 126 Å². The molecule has 0 atom stereocenters. The van der Waals surface area contributed by atoms with E-state index in [1.807, 2.05) is 13.8 Å². The number of hydrogen-bond donors (Lipinski definition) is 1. The second kappa shape index (κ2) is 6.42. The largest absolute Gasteiger partial charge is 0.310 e. The minimum atomic E-state index is -3.75. The maximum Gasteiger partial charge on any atom is 0.246 e. The topological polar surface area (TPSA) is 49.4 Å². The summed E-state index contributed by atoms with van der Waals surface area (Å²) in [4.78, 5) is -0.209. The summed E-state index contributed by atoms with van der Waals surface area (Å²) in [6, 6.07) is 4.64. The van der Waals surface area contributed by atoms with E-state index in [4.69, 9.17) is 0 Å². The van der Waals surface area contributed by atoms with Crippen LogP contribution in [0.2, 0.25) is 0 Å². The summed E-state index contributed by atoms with van der Waals surface area (Å²) in [7, 11) is -3.75. The molecule has 21 heavy (non-hydrogen) atoms. The van der Waals surface area contributed by atoms with Crippen LogP contribution in [0.25, 0.3) is 0 Å². The van der Waals surface area contributed by atoms with E-state index in [-0.39, 0.29) is 17.0 Å². The Morgan fingerprint density at radius 1 is 1.38 bits per heavy atom. The van der Waals surface area contributed by atoms with Crippen molar-refractivity contribution < 1.29 is 12.8 Å². The molecule has 0 saturated heterocycles. The number of hydrogen-bond acceptors (Lipinski definition) is 3. The van der Waals surface area contributed by atoms with Gasteiger partial charge in [0.25, 0.3) is 0 Å². The first-order valence-electron chi connectivity index (χ1n) is 7.40. The van der Waals surface area contributed by atoms with Crippen LogP contribution in [0, 0.1) is 5.82 Å². The summed E-state index contributed by atoms with van der Waals surface area (Å²) in [5, 5.41) is 3.21. The number of nitrogens with zero attached hydrogens (tertiary/aromatic N) is 1. The molecule has 0 heterocycles. The maximum absolute atomic E-state index is 14.0. The molecule has 0 unspecified atom stereocenters. The van der Waals surface area contributed by atoms with Crippen LogP contribution in [0.15, 0.2) is 23.1 Å². The van der Waals surface area contributed by atoms with E-state index < -0.39 is 15.8 Å². The van der Waals surface area contributed by atoms with Gasteiger partial charge >= 0.3 is 0 Å². The fourth-order valence-electron chi connectivity index (χ4n) is 2.29. The molecule has 2 rings (SSSR count). The third-order valence-electron chi connectivity index (χ3n) is 3.56. The first-order valence-corrected chi connectivity index (χ1v) is 8.84. The molecule has 0 aliphatic heterocycles. The van der Waals surface area contributed by atoms with Crippen molar-refractivity contribution in [2.75, 3.05) is 6.54 Å². The molecule has 0 aromatic heterocycles. The van der Waals surface area contributed by atoms with Gasteiger partial charge in [0.1, 0.15) is 10.7 Å². The van der Waals surface area contributed by atoms with Crippen molar-refractivity contribution in [2.24, 2.45) is 0 Å². The van der Waals surface area contributed by atoms with Crippen molar-refractivity contribution in [3.05, 3.63) is 29.6 Å². The molecule has 118 valence electrons. The van der Waals surface area contributed by atoms with Gasteiger partial charge in [0.15, 0.2) is 0 Å². The highest BCUT2D eigenvalue weighted by molar-refractivity contribution is 7.89. The summed E-state index contributed by atoms with van der Waals surface area (Å²) in [5.74, 6) is -0.678. The number of rotatable bonds is 7. The van der Waals surface area contributed by atoms with Gasteiger partial charge in [-0.05, 0) is 30.5 Å². The maximum atomic E-state index is 14.0. The smallest absolute Gasteiger partial charge is 0.246 e. The second-order valence-electron chi connectivity index (χ2n) is 5.74. The lowest BCUT2D eigenvalue weighted by atomic mass is 10.2. The fraction of sp³-hybridized carbons (Fsp3) is 0.600. The molecule has 1 saturated carbocycles. The quantitative estimate of drug-likeness (QED) is 0.841. The summed E-state index contributed by atoms with van der Waals surface area (Å²) in [6.07, 6.45) is 1.73. The normalized spacial score (nSPS) is 15.9. The summed E-state index contributed by atoms with van der Waals surface area (Å²) in [5.41, 5.74) is 0.774. The molecule has 1 N–H and O–H groups in total. The van der Waals surface area contributed by atoms with E-state index in [0.29, 0.717) is 13.1 Å². The zero-order valence-corrected chi connectivity index (χ0v) is 13.6. The zero-order chi connectivity index (χ0) is 15.6. The van der Waals surface area contributed by atoms with E-state index >= 15 is 0 Å². The standard InChI is InChI=1S/C15H23FN2O2S/c1-4-18(13-6-7-13)21(19,20)15-9-12(5-8-14(15)16)10-17-11(2)3/h5,8-9,11,13,17H,4,6-7,10H2,1-3H3. The molecule has 0 spiro atoms. The second-order valence-corrected chi connectivity index (χ2v) is 7.60. The zero-order valence-electron chi connectivity index (χ0n) is 12.8. The molecule has 0 bridgehead atoms. The van der Waals surface area contributed by atoms with E-state index in [2.05, 4.69) is 5.32 Å². The molecule has 1 aromatic rings. The first kappa shape index (κ1) is 16.4. The summed E-state index contributed by atoms with van der Waals surface area (Å²) >= 11 is 0. The van der Waals surface area contributed by atoms with Crippen LogP contribution < -0.4 is 5.32 Å². The highest BCUT2D eigenvalue weighted by atomic mass is 32.2. The average molecular weight is 314 g/mol. The van der Waals surface area contributed by atoms with E-state index in [1.165, 1.54) is 16.4 Å². The molecule has 6 heteroatoms. The minimum absolute atomic E-state index is 0.0387. The molecule has 1 aliphatic rings. The molecular weight excluding hydrogens is 291 g/mol. The SMILES string of the molecule is CCN(C1CC1)S(=O)(=O)c1cc(CNC(C)C)ccc1F. The molecule has 1 aliphatic carbocycles. The number of nitrogens with one attached hydrogen (secondary N) is 1. The summed E-state index contributed by atoms with van der Waals surface area (Å²) in [6.45, 7) is 6.70. The van der Waals surface area contributed by atoms with Crippen LogP contribution in [0.5, 0.6) is 0 Å². The monoisotopic (exact) mass is 314 g/mol. The number of halogens is 1. The van der Waals surface area contributed by atoms with Crippen LogP contribution in [0.4, 0.5) is 4.39 Å². The van der Waals surface area contributed by atoms with Crippen molar-refractivity contribution in [1.82, 2.24) is 9.62 Å². The van der Waals surface area contributed by atoms with Gasteiger partial charge in [0.05, 0.1) is 0 Å². The lowest BCUT2D eigenvalue weighted by Gasteiger charge is -2.20. The lowest BCUT2D eigenvalue weighted by molar-refractivity contribution is 0.416. The molecule has 0 radical (unpaired) electrons. The lowest BCUT2D eigenvalue weighted by Crippen LogP contribution is -2.33. The van der Waals surface area contributed by atoms with Crippen molar-refractivity contribution in [2.45, 2.75) is 57.1 Å². The van der Waals surface area contributed by atoms with Gasteiger partial charge in [-0.3, -0.25) is 0 Å². The Kier molecular flexibility index (Phi) is 5.01. The van der Waals surface area contributed by atoms with Gasteiger partial charge in [-0.15, -0.1) is 0 Å².